The van der Waals surface area contributed by atoms with Gasteiger partial charge in [0.05, 0.1) is 5.69 Å². The number of piperazine rings is 1. The summed E-state index contributed by atoms with van der Waals surface area (Å²) in [6.45, 7) is 9.71. The van der Waals surface area contributed by atoms with Crippen molar-refractivity contribution >= 4 is 17.6 Å². The minimum absolute atomic E-state index is 0.787. The van der Waals surface area contributed by atoms with Crippen LogP contribution in [0, 0.1) is 13.8 Å². The van der Waals surface area contributed by atoms with Crippen LogP contribution in [0.3, 0.4) is 0 Å². The normalized spacial score (nSPS) is 16.0. The lowest BCUT2D eigenvalue weighted by Crippen LogP contribution is -2.52. The molecule has 2 aromatic rings. The Kier molecular flexibility index (Phi) is 6.74. The molecule has 0 amide bonds. The van der Waals surface area contributed by atoms with Crippen LogP contribution in [-0.4, -0.2) is 60.7 Å². The Hall–Kier alpha value is -2.05. The molecular weight excluding hydrogens is 362 g/mol. The van der Waals surface area contributed by atoms with Gasteiger partial charge in [-0.3, -0.25) is 9.89 Å². The first-order valence-corrected chi connectivity index (χ1v) is 9.78. The fraction of sp³-hybridized carbons (Fsp3) is 0.500. The molecule has 0 radical (unpaired) electrons. The van der Waals surface area contributed by atoms with Crippen molar-refractivity contribution in [2.75, 3.05) is 39.8 Å². The van der Waals surface area contributed by atoms with Crippen molar-refractivity contribution < 1.29 is 4.52 Å². The fourth-order valence-electron chi connectivity index (χ4n) is 3.46. The highest BCUT2D eigenvalue weighted by molar-refractivity contribution is 6.30. The summed E-state index contributed by atoms with van der Waals surface area (Å²) in [6, 6.07) is 8.11. The Bertz CT molecular complexity index is 744. The van der Waals surface area contributed by atoms with Crippen LogP contribution >= 0.6 is 11.6 Å². The molecule has 6 nitrogen and oxygen atoms in total. The fourth-order valence-corrected chi connectivity index (χ4v) is 3.58. The van der Waals surface area contributed by atoms with Gasteiger partial charge in [-0.2, -0.15) is 0 Å². The van der Waals surface area contributed by atoms with Crippen molar-refractivity contribution in [1.82, 2.24) is 20.3 Å². The maximum atomic E-state index is 5.97. The van der Waals surface area contributed by atoms with Crippen molar-refractivity contribution in [2.24, 2.45) is 4.99 Å². The first-order chi connectivity index (χ1) is 13.1. The second kappa shape index (κ2) is 9.24. The van der Waals surface area contributed by atoms with E-state index in [9.17, 15) is 0 Å². The number of aliphatic imine (C=N–C) groups is 1. The van der Waals surface area contributed by atoms with Crippen molar-refractivity contribution in [1.29, 1.82) is 0 Å². The Balaban J connectivity index is 1.45. The zero-order valence-corrected chi connectivity index (χ0v) is 17.1. The molecule has 1 aromatic heterocycles. The summed E-state index contributed by atoms with van der Waals surface area (Å²) < 4.78 is 5.23. The third kappa shape index (κ3) is 5.23. The average Bonchev–Trinajstić information content (AvgIpc) is 3.00. The maximum absolute atomic E-state index is 5.97. The molecule has 1 fully saturated rings. The van der Waals surface area contributed by atoms with E-state index in [1.807, 2.05) is 33.0 Å². The zero-order chi connectivity index (χ0) is 19.2. The van der Waals surface area contributed by atoms with E-state index in [-0.39, 0.29) is 0 Å². The lowest BCUT2D eigenvalue weighted by Gasteiger charge is -2.36. The molecule has 2 heterocycles. The summed E-state index contributed by atoms with van der Waals surface area (Å²) in [5.41, 5.74) is 3.46. The van der Waals surface area contributed by atoms with Crippen LogP contribution in [0.2, 0.25) is 5.02 Å². The summed E-state index contributed by atoms with van der Waals surface area (Å²) in [6.07, 6.45) is 0.886. The Morgan fingerprint density at radius 2 is 1.89 bits per heavy atom. The van der Waals surface area contributed by atoms with Gasteiger partial charge in [-0.05, 0) is 38.0 Å². The van der Waals surface area contributed by atoms with Crippen molar-refractivity contribution in [3.63, 3.8) is 0 Å². The van der Waals surface area contributed by atoms with Crippen LogP contribution < -0.4 is 5.32 Å². The van der Waals surface area contributed by atoms with Crippen LogP contribution in [0.25, 0.3) is 0 Å². The van der Waals surface area contributed by atoms with Gasteiger partial charge in [0, 0.05) is 56.9 Å². The summed E-state index contributed by atoms with van der Waals surface area (Å²) in [7, 11) is 1.85. The Morgan fingerprint density at radius 3 is 2.48 bits per heavy atom. The summed E-state index contributed by atoms with van der Waals surface area (Å²) in [5, 5.41) is 8.28. The van der Waals surface area contributed by atoms with Crippen LogP contribution in [0.1, 0.15) is 22.6 Å². The van der Waals surface area contributed by atoms with Gasteiger partial charge in [0.2, 0.25) is 0 Å². The predicted molar refractivity (Wildman–Crippen MR) is 109 cm³/mol. The van der Waals surface area contributed by atoms with Crippen LogP contribution in [0.4, 0.5) is 0 Å². The first kappa shape index (κ1) is 19.7. The summed E-state index contributed by atoms with van der Waals surface area (Å²) >= 11 is 5.97. The predicted octanol–water partition coefficient (Wildman–Crippen LogP) is 2.88. The zero-order valence-electron chi connectivity index (χ0n) is 16.3. The number of nitrogens with one attached hydrogen (secondary N) is 1. The number of benzene rings is 1. The molecule has 3 rings (SSSR count). The summed E-state index contributed by atoms with van der Waals surface area (Å²) in [4.78, 5) is 9.25. The smallest absolute Gasteiger partial charge is 0.193 e. The van der Waals surface area contributed by atoms with E-state index in [1.165, 1.54) is 11.1 Å². The van der Waals surface area contributed by atoms with Crippen molar-refractivity contribution in [3.05, 3.63) is 51.9 Å². The number of nitrogens with zero attached hydrogens (tertiary/aromatic N) is 4. The van der Waals surface area contributed by atoms with Gasteiger partial charge in [-0.25, -0.2) is 0 Å². The molecule has 1 aromatic carbocycles. The molecule has 0 aliphatic carbocycles. The highest BCUT2D eigenvalue weighted by atomic mass is 35.5. The van der Waals surface area contributed by atoms with E-state index in [2.05, 4.69) is 37.4 Å². The number of aryl methyl sites for hydroxylation is 2. The monoisotopic (exact) mass is 389 g/mol. The Labute approximate surface area is 166 Å². The first-order valence-electron chi connectivity index (χ1n) is 9.41. The third-order valence-electron chi connectivity index (χ3n) is 5.04. The van der Waals surface area contributed by atoms with E-state index in [1.54, 1.807) is 0 Å². The molecule has 0 spiro atoms. The van der Waals surface area contributed by atoms with Gasteiger partial charge in [0.25, 0.3) is 0 Å². The molecule has 1 aliphatic rings. The van der Waals surface area contributed by atoms with Crippen LogP contribution in [0.15, 0.2) is 33.8 Å². The quantitative estimate of drug-likeness (QED) is 0.629. The van der Waals surface area contributed by atoms with Crippen LogP contribution in [-0.2, 0) is 13.0 Å². The van der Waals surface area contributed by atoms with Gasteiger partial charge >= 0.3 is 0 Å². The molecule has 1 saturated heterocycles. The molecule has 0 bridgehead atoms. The number of guanidine groups is 1. The van der Waals surface area contributed by atoms with Gasteiger partial charge in [0.15, 0.2) is 5.96 Å². The number of halogens is 1. The summed E-state index contributed by atoms with van der Waals surface area (Å²) in [5.74, 6) is 1.87. The minimum Gasteiger partial charge on any atom is -0.361 e. The molecule has 0 unspecified atom stereocenters. The largest absolute Gasteiger partial charge is 0.361 e. The number of hydrogen-bond donors (Lipinski definition) is 1. The second-order valence-corrected chi connectivity index (χ2v) is 7.35. The molecule has 1 N–H and O–H groups in total. The van der Waals surface area contributed by atoms with E-state index in [4.69, 9.17) is 16.1 Å². The lowest BCUT2D eigenvalue weighted by atomic mass is 10.1. The van der Waals surface area contributed by atoms with Crippen molar-refractivity contribution in [2.45, 2.75) is 26.8 Å². The van der Waals surface area contributed by atoms with E-state index in [0.717, 1.165) is 68.1 Å². The highest BCUT2D eigenvalue weighted by Crippen LogP contribution is 2.14. The van der Waals surface area contributed by atoms with Crippen LogP contribution in [0.5, 0.6) is 0 Å². The molecule has 7 heteroatoms. The van der Waals surface area contributed by atoms with Gasteiger partial charge < -0.3 is 14.7 Å². The number of hydrogen-bond acceptors (Lipinski definition) is 4. The van der Waals surface area contributed by atoms with E-state index in [0.29, 0.717) is 0 Å². The molecule has 0 atom stereocenters. The SMILES string of the molecule is CN=C(NCCc1c(C)noc1C)N1CCN(Cc2ccc(Cl)cc2)CC1. The van der Waals surface area contributed by atoms with Gasteiger partial charge in [-0.1, -0.05) is 28.9 Å². The lowest BCUT2D eigenvalue weighted by molar-refractivity contribution is 0.172. The highest BCUT2D eigenvalue weighted by Gasteiger charge is 2.19. The van der Waals surface area contributed by atoms with Gasteiger partial charge in [-0.15, -0.1) is 0 Å². The van der Waals surface area contributed by atoms with E-state index < -0.39 is 0 Å². The third-order valence-corrected chi connectivity index (χ3v) is 5.29. The molecule has 146 valence electrons. The maximum Gasteiger partial charge on any atom is 0.193 e. The molecular formula is C20H28ClN5O. The molecule has 0 saturated carbocycles. The standard InChI is InChI=1S/C20H28ClN5O/c1-15-19(16(2)27-24-15)8-9-23-20(22-3)26-12-10-25(11-13-26)14-17-4-6-18(21)7-5-17/h4-7H,8-14H2,1-3H3,(H,22,23). The van der Waals surface area contributed by atoms with E-state index >= 15 is 0 Å². The van der Waals surface area contributed by atoms with Crippen molar-refractivity contribution in [3.8, 4) is 0 Å². The van der Waals surface area contributed by atoms with Gasteiger partial charge in [0.1, 0.15) is 5.76 Å². The second-order valence-electron chi connectivity index (χ2n) is 6.92. The minimum atomic E-state index is 0.787. The topological polar surface area (TPSA) is 56.9 Å². The average molecular weight is 390 g/mol. The number of rotatable bonds is 5. The molecule has 1 aliphatic heterocycles. The molecule has 27 heavy (non-hydrogen) atoms. The Morgan fingerprint density at radius 1 is 1.19 bits per heavy atom. The number of aromatic nitrogens is 1.